The van der Waals surface area contributed by atoms with E-state index in [0.717, 1.165) is 5.52 Å². The Balaban J connectivity index is 1.99. The molecule has 0 spiro atoms. The number of hydrogen-bond acceptors (Lipinski definition) is 4. The van der Waals surface area contributed by atoms with Gasteiger partial charge in [0.25, 0.3) is 0 Å². The number of anilines is 1. The molecule has 3 N–H and O–H groups in total. The zero-order valence-electron chi connectivity index (χ0n) is 10.9. The number of H-pyrrole nitrogens is 1. The summed E-state index contributed by atoms with van der Waals surface area (Å²) in [7, 11) is -3.47. The number of hydrogen-bond donors (Lipinski definition) is 2. The molecule has 3 aromatic rings. The van der Waals surface area contributed by atoms with Crippen LogP contribution in [0.2, 0.25) is 0 Å². The molecule has 0 bridgehead atoms. The zero-order chi connectivity index (χ0) is 15.0. The number of nitrogen functional groups attached to an aromatic ring is 1. The Hall–Kier alpha value is -1.86. The van der Waals surface area contributed by atoms with E-state index in [2.05, 4.69) is 25.9 Å². The molecule has 7 heteroatoms. The normalized spacial score (nSPS) is 11.9. The molecule has 0 saturated carbocycles. The van der Waals surface area contributed by atoms with Gasteiger partial charge in [-0.25, -0.2) is 13.4 Å². The minimum Gasteiger partial charge on any atom is -0.399 e. The molecule has 2 aromatic carbocycles. The number of fused-ring (bicyclic) bond motifs is 1. The molecule has 108 valence electrons. The van der Waals surface area contributed by atoms with Gasteiger partial charge in [0, 0.05) is 10.2 Å². The molecule has 0 aliphatic rings. The monoisotopic (exact) mass is 365 g/mol. The molecule has 0 amide bonds. The molecule has 0 saturated heterocycles. The van der Waals surface area contributed by atoms with E-state index in [1.807, 2.05) is 0 Å². The molecule has 21 heavy (non-hydrogen) atoms. The maximum absolute atomic E-state index is 12.5. The van der Waals surface area contributed by atoms with Crippen LogP contribution in [-0.2, 0) is 15.6 Å². The summed E-state index contributed by atoms with van der Waals surface area (Å²) in [4.78, 5) is 7.54. The van der Waals surface area contributed by atoms with Crippen molar-refractivity contribution in [3.8, 4) is 0 Å². The van der Waals surface area contributed by atoms with Crippen molar-refractivity contribution in [2.75, 3.05) is 5.73 Å². The number of aromatic amines is 1. The van der Waals surface area contributed by atoms with Crippen molar-refractivity contribution in [2.45, 2.75) is 10.6 Å². The Labute approximate surface area is 130 Å². The number of nitrogens with two attached hydrogens (primary N) is 1. The quantitative estimate of drug-likeness (QED) is 0.698. The molecule has 3 rings (SSSR count). The van der Waals surface area contributed by atoms with Crippen LogP contribution in [0.5, 0.6) is 0 Å². The van der Waals surface area contributed by atoms with Crippen molar-refractivity contribution in [1.82, 2.24) is 9.97 Å². The third kappa shape index (κ3) is 2.79. The average molecular weight is 366 g/mol. The Morgan fingerprint density at radius 3 is 2.71 bits per heavy atom. The zero-order valence-corrected chi connectivity index (χ0v) is 13.3. The van der Waals surface area contributed by atoms with E-state index < -0.39 is 9.84 Å². The molecule has 0 unspecified atom stereocenters. The number of nitrogens with zero attached hydrogens (tertiary/aromatic N) is 1. The van der Waals surface area contributed by atoms with Gasteiger partial charge in [0.2, 0.25) is 0 Å². The number of nitrogens with one attached hydrogen (secondary N) is 1. The Kier molecular flexibility index (Phi) is 3.46. The average Bonchev–Trinajstić information content (AvgIpc) is 2.79. The van der Waals surface area contributed by atoms with Crippen molar-refractivity contribution in [3.05, 3.63) is 52.8 Å². The van der Waals surface area contributed by atoms with Gasteiger partial charge < -0.3 is 10.7 Å². The highest BCUT2D eigenvalue weighted by molar-refractivity contribution is 9.10. The summed E-state index contributed by atoms with van der Waals surface area (Å²) in [6.45, 7) is 0. The molecule has 5 nitrogen and oxygen atoms in total. The van der Waals surface area contributed by atoms with Gasteiger partial charge in [0.1, 0.15) is 11.6 Å². The van der Waals surface area contributed by atoms with Gasteiger partial charge in [-0.15, -0.1) is 0 Å². The third-order valence-corrected chi connectivity index (χ3v) is 5.69. The summed E-state index contributed by atoms with van der Waals surface area (Å²) in [5.74, 6) is 0.204. The van der Waals surface area contributed by atoms with Gasteiger partial charge in [-0.3, -0.25) is 0 Å². The smallest absolute Gasteiger partial charge is 0.186 e. The van der Waals surface area contributed by atoms with E-state index >= 15 is 0 Å². The van der Waals surface area contributed by atoms with Crippen molar-refractivity contribution in [1.29, 1.82) is 0 Å². The Morgan fingerprint density at radius 2 is 1.95 bits per heavy atom. The van der Waals surface area contributed by atoms with Gasteiger partial charge in [-0.2, -0.15) is 0 Å². The summed E-state index contributed by atoms with van der Waals surface area (Å²) >= 11 is 3.26. The van der Waals surface area contributed by atoms with Crippen LogP contribution >= 0.6 is 15.9 Å². The lowest BCUT2D eigenvalue weighted by molar-refractivity contribution is 0.593. The van der Waals surface area contributed by atoms with E-state index in [0.29, 0.717) is 21.5 Å². The second-order valence-corrected chi connectivity index (χ2v) is 7.46. The SMILES string of the molecule is Nc1ccc2nc(CS(=O)(=O)c3ccccc3Br)[nH]c2c1. The number of halogens is 1. The molecule has 0 radical (unpaired) electrons. The fourth-order valence-electron chi connectivity index (χ4n) is 2.10. The van der Waals surface area contributed by atoms with Gasteiger partial charge in [0.15, 0.2) is 9.84 Å². The fourth-order valence-corrected chi connectivity index (χ4v) is 4.43. The first-order valence-corrected chi connectivity index (χ1v) is 8.62. The van der Waals surface area contributed by atoms with E-state index in [9.17, 15) is 8.42 Å². The topological polar surface area (TPSA) is 88.8 Å². The minimum atomic E-state index is -3.47. The lowest BCUT2D eigenvalue weighted by atomic mass is 10.3. The van der Waals surface area contributed by atoms with Crippen LogP contribution in [0.4, 0.5) is 5.69 Å². The summed E-state index contributed by atoms with van der Waals surface area (Å²) < 4.78 is 25.4. The summed E-state index contributed by atoms with van der Waals surface area (Å²) in [6, 6.07) is 12.0. The lowest BCUT2D eigenvalue weighted by Crippen LogP contribution is -2.06. The highest BCUT2D eigenvalue weighted by Crippen LogP contribution is 2.25. The standard InChI is InChI=1S/C14H12BrN3O2S/c15-10-3-1-2-4-13(10)21(19,20)8-14-17-11-6-5-9(16)7-12(11)18-14/h1-7H,8,16H2,(H,17,18). The van der Waals surface area contributed by atoms with Gasteiger partial charge in [-0.05, 0) is 46.3 Å². The largest absolute Gasteiger partial charge is 0.399 e. The van der Waals surface area contributed by atoms with Crippen LogP contribution in [0.1, 0.15) is 5.82 Å². The predicted molar refractivity (Wildman–Crippen MR) is 85.5 cm³/mol. The van der Waals surface area contributed by atoms with E-state index in [1.54, 1.807) is 42.5 Å². The second kappa shape index (κ2) is 5.16. The van der Waals surface area contributed by atoms with Crippen molar-refractivity contribution >= 4 is 42.5 Å². The number of aromatic nitrogens is 2. The molecule has 1 heterocycles. The molecule has 0 aliphatic carbocycles. The third-order valence-electron chi connectivity index (χ3n) is 3.05. The first-order chi connectivity index (χ1) is 9.95. The molecule has 1 aromatic heterocycles. The number of rotatable bonds is 3. The fraction of sp³-hybridized carbons (Fsp3) is 0.0714. The van der Waals surface area contributed by atoms with Crippen molar-refractivity contribution < 1.29 is 8.42 Å². The Morgan fingerprint density at radius 1 is 1.19 bits per heavy atom. The summed E-state index contributed by atoms with van der Waals surface area (Å²) in [6.07, 6.45) is 0. The predicted octanol–water partition coefficient (Wildman–Crippen LogP) is 2.88. The summed E-state index contributed by atoms with van der Waals surface area (Å²) in [5.41, 5.74) is 7.73. The van der Waals surface area contributed by atoms with Crippen molar-refractivity contribution in [2.24, 2.45) is 0 Å². The highest BCUT2D eigenvalue weighted by atomic mass is 79.9. The number of imidazole rings is 1. The van der Waals surface area contributed by atoms with Crippen LogP contribution in [0.3, 0.4) is 0 Å². The van der Waals surface area contributed by atoms with Crippen LogP contribution < -0.4 is 5.73 Å². The lowest BCUT2D eigenvalue weighted by Gasteiger charge is -2.04. The highest BCUT2D eigenvalue weighted by Gasteiger charge is 2.20. The minimum absolute atomic E-state index is 0.190. The van der Waals surface area contributed by atoms with Gasteiger partial charge in [-0.1, -0.05) is 12.1 Å². The Bertz CT molecular complexity index is 919. The first kappa shape index (κ1) is 14.1. The van der Waals surface area contributed by atoms with Gasteiger partial charge >= 0.3 is 0 Å². The molecular weight excluding hydrogens is 354 g/mol. The van der Waals surface area contributed by atoms with Crippen LogP contribution in [0.25, 0.3) is 11.0 Å². The van der Waals surface area contributed by atoms with Crippen LogP contribution in [0, 0.1) is 0 Å². The van der Waals surface area contributed by atoms with E-state index in [-0.39, 0.29) is 10.6 Å². The van der Waals surface area contributed by atoms with Gasteiger partial charge in [0.05, 0.1) is 15.9 Å². The molecule has 0 atom stereocenters. The van der Waals surface area contributed by atoms with Crippen LogP contribution in [0.15, 0.2) is 51.8 Å². The van der Waals surface area contributed by atoms with E-state index in [1.165, 1.54) is 0 Å². The van der Waals surface area contributed by atoms with Crippen molar-refractivity contribution in [3.63, 3.8) is 0 Å². The second-order valence-electron chi connectivity index (χ2n) is 4.65. The molecule has 0 fully saturated rings. The number of benzene rings is 2. The molecule has 0 aliphatic heterocycles. The molecular formula is C14H12BrN3O2S. The number of sulfone groups is 1. The maximum Gasteiger partial charge on any atom is 0.186 e. The first-order valence-electron chi connectivity index (χ1n) is 6.17. The summed E-state index contributed by atoms with van der Waals surface area (Å²) in [5, 5.41) is 0. The van der Waals surface area contributed by atoms with Crippen LogP contribution in [-0.4, -0.2) is 18.4 Å². The maximum atomic E-state index is 12.5. The van der Waals surface area contributed by atoms with E-state index in [4.69, 9.17) is 5.73 Å².